The molecule has 0 saturated carbocycles. The van der Waals surface area contributed by atoms with Crippen molar-refractivity contribution in [1.29, 1.82) is 0 Å². The van der Waals surface area contributed by atoms with E-state index in [-0.39, 0.29) is 19.0 Å². The van der Waals surface area contributed by atoms with Crippen molar-refractivity contribution in [3.63, 3.8) is 0 Å². The summed E-state index contributed by atoms with van der Waals surface area (Å²) in [5, 5.41) is -1.36. The van der Waals surface area contributed by atoms with E-state index in [1.807, 2.05) is 41.5 Å². The van der Waals surface area contributed by atoms with E-state index in [2.05, 4.69) is 0 Å². The molecule has 0 atom stereocenters. The van der Waals surface area contributed by atoms with Gasteiger partial charge in [0.25, 0.3) is 0 Å². The molecule has 0 spiro atoms. The molecule has 0 aromatic carbocycles. The minimum absolute atomic E-state index is 0.200. The molecule has 0 aromatic rings. The minimum Gasteiger partial charge on any atom is -0.374 e. The lowest BCUT2D eigenvalue weighted by molar-refractivity contribution is 0.0703. The van der Waals surface area contributed by atoms with Gasteiger partial charge in [0.1, 0.15) is 0 Å². The summed E-state index contributed by atoms with van der Waals surface area (Å²) >= 11 is 10.2. The molecule has 0 fully saturated rings. The van der Waals surface area contributed by atoms with Crippen LogP contribution < -0.4 is 0 Å². The Morgan fingerprint density at radius 2 is 0.861 bits per heavy atom. The van der Waals surface area contributed by atoms with Gasteiger partial charge in [0.15, 0.2) is 13.0 Å². The van der Waals surface area contributed by atoms with Gasteiger partial charge < -0.3 is 46.1 Å². The predicted octanol–water partition coefficient (Wildman–Crippen LogP) is 3.97. The molecule has 0 radical (unpaired) electrons. The van der Waals surface area contributed by atoms with E-state index < -0.39 is 35.7 Å². The second-order valence-corrected chi connectivity index (χ2v) is 20.7. The first kappa shape index (κ1) is 37.3. The van der Waals surface area contributed by atoms with Gasteiger partial charge in [0, 0.05) is 57.9 Å². The monoisotopic (exact) mass is 630 g/mol. The molecule has 0 saturated heterocycles. The van der Waals surface area contributed by atoms with Crippen molar-refractivity contribution in [3.05, 3.63) is 0 Å². The van der Waals surface area contributed by atoms with Crippen molar-refractivity contribution in [3.8, 4) is 0 Å². The summed E-state index contributed by atoms with van der Waals surface area (Å²) in [5.41, 5.74) is 0. The van der Waals surface area contributed by atoms with E-state index in [4.69, 9.17) is 50.2 Å². The summed E-state index contributed by atoms with van der Waals surface area (Å²) in [6, 6.07) is 0.851. The van der Waals surface area contributed by atoms with Gasteiger partial charge in [-0.15, -0.1) is 0 Å². The third-order valence-corrected chi connectivity index (χ3v) is 16.5. The average molecular weight is 631 g/mol. The molecule has 16 heteroatoms. The van der Waals surface area contributed by atoms with Crippen LogP contribution in [0.1, 0.15) is 67.2 Å². The van der Waals surface area contributed by atoms with Crippen molar-refractivity contribution in [2.45, 2.75) is 84.5 Å². The summed E-state index contributed by atoms with van der Waals surface area (Å²) in [7, 11) is -5.97. The highest BCUT2D eigenvalue weighted by atomic mass is 32.5. The first-order valence-electron chi connectivity index (χ1n) is 12.7. The Morgan fingerprint density at radius 3 is 1.06 bits per heavy atom. The Bertz CT molecular complexity index is 629. The third kappa shape index (κ3) is 13.1. The molecule has 36 heavy (non-hydrogen) atoms. The van der Waals surface area contributed by atoms with Gasteiger partial charge in [0.05, 0.1) is 5.16 Å². The van der Waals surface area contributed by atoms with Gasteiger partial charge in [0.2, 0.25) is 0 Å². The van der Waals surface area contributed by atoms with E-state index in [0.29, 0.717) is 64.6 Å². The highest BCUT2D eigenvalue weighted by Crippen LogP contribution is 2.61. The highest BCUT2D eigenvalue weighted by Gasteiger charge is 2.48. The molecule has 10 nitrogen and oxygen atoms in total. The smallest absolute Gasteiger partial charge is 0.374 e. The molecular weight excluding hydrogens is 582 g/mol. The van der Waals surface area contributed by atoms with Gasteiger partial charge >= 0.3 is 17.6 Å². The summed E-state index contributed by atoms with van der Waals surface area (Å²) in [6.45, 7) is 5.89. The number of rotatable bonds is 23. The zero-order valence-electron chi connectivity index (χ0n) is 22.6. The molecule has 0 bridgehead atoms. The van der Waals surface area contributed by atoms with Crippen molar-refractivity contribution in [1.82, 2.24) is 0 Å². The summed E-state index contributed by atoms with van der Waals surface area (Å²) in [6.07, 6.45) is 0.882. The van der Waals surface area contributed by atoms with Crippen LogP contribution in [0.4, 0.5) is 0 Å². The van der Waals surface area contributed by atoms with Crippen molar-refractivity contribution in [2.24, 2.45) is 0 Å². The average Bonchev–Trinajstić information content (AvgIpc) is 2.73. The Labute approximate surface area is 230 Å². The maximum Gasteiger partial charge on any atom is 0.500 e. The topological polar surface area (TPSA) is 136 Å². The Kier molecular flexibility index (Phi) is 18.6. The van der Waals surface area contributed by atoms with Gasteiger partial charge in [-0.3, -0.25) is 0 Å². The van der Waals surface area contributed by atoms with E-state index >= 15 is 0 Å². The number of hydrogen-bond acceptors (Lipinski definition) is 8. The first-order chi connectivity index (χ1) is 16.7. The Morgan fingerprint density at radius 1 is 0.583 bits per heavy atom. The van der Waals surface area contributed by atoms with Crippen LogP contribution in [-0.2, 0) is 50.2 Å². The lowest BCUT2D eigenvalue weighted by Crippen LogP contribution is -2.47. The van der Waals surface area contributed by atoms with Crippen LogP contribution in [0.2, 0.25) is 12.1 Å². The molecule has 0 aromatic heterocycles. The summed E-state index contributed by atoms with van der Waals surface area (Å²) < 4.78 is 35.5. The third-order valence-electron chi connectivity index (χ3n) is 5.55. The fourth-order valence-corrected chi connectivity index (χ4v) is 15.0. The van der Waals surface area contributed by atoms with Crippen molar-refractivity contribution < 1.29 is 46.1 Å². The Hall–Kier alpha value is 1.33. The largest absolute Gasteiger partial charge is 0.500 e. The standard InChI is InChI=1S/C20H48O10P2S2Si2/c1-7-25-35(26-8-2,27-9-3)17-13-15-20(32(23,24)34,19-31(21,22)33)16-14-18-36(28-10-4,29-11-5)30-12-6/h7-19H2,1-6H3,(H2,21,22,33)(H2,23,24,34). The fourth-order valence-electron chi connectivity index (χ4n) is 4.32. The van der Waals surface area contributed by atoms with Crippen LogP contribution in [0.25, 0.3) is 0 Å². The highest BCUT2D eigenvalue weighted by molar-refractivity contribution is 8.11. The van der Waals surface area contributed by atoms with E-state index in [1.165, 1.54) is 0 Å². The van der Waals surface area contributed by atoms with Gasteiger partial charge in [-0.2, -0.15) is 0 Å². The molecule has 0 aliphatic rings. The minimum atomic E-state index is -4.00. The van der Waals surface area contributed by atoms with Crippen LogP contribution >= 0.6 is 13.0 Å². The number of hydrogen-bond donors (Lipinski definition) is 4. The Balaban J connectivity index is 5.96. The first-order valence-corrected chi connectivity index (χ1v) is 22.1. The lowest BCUT2D eigenvalue weighted by atomic mass is 9.99. The van der Waals surface area contributed by atoms with Crippen LogP contribution in [-0.4, -0.2) is 88.1 Å². The molecule has 0 aliphatic heterocycles. The molecule has 0 aliphatic carbocycles. The van der Waals surface area contributed by atoms with E-state index in [1.54, 1.807) is 0 Å². The van der Waals surface area contributed by atoms with E-state index in [9.17, 15) is 19.6 Å². The molecule has 0 rings (SSSR count). The molecular formula is C20H48O10P2S2Si2. The van der Waals surface area contributed by atoms with Gasteiger partial charge in [-0.25, -0.2) is 0 Å². The van der Waals surface area contributed by atoms with Crippen LogP contribution in [0.3, 0.4) is 0 Å². The van der Waals surface area contributed by atoms with Crippen LogP contribution in [0.5, 0.6) is 0 Å². The SMILES string of the molecule is CCO[Si](CCCC(CCC[Si](OCC)(OCC)OCC)(CP(O)(O)=S)P(O)(O)=S)(OCC)OCC. The summed E-state index contributed by atoms with van der Waals surface area (Å²) in [4.78, 5) is 42.2. The normalized spacial score (nSPS) is 13.9. The second-order valence-electron chi connectivity index (χ2n) is 8.26. The predicted molar refractivity (Wildman–Crippen MR) is 154 cm³/mol. The molecule has 0 heterocycles. The van der Waals surface area contributed by atoms with E-state index in [0.717, 1.165) is 0 Å². The zero-order valence-corrected chi connectivity index (χ0v) is 28.1. The maximum absolute atomic E-state index is 10.8. The quantitative estimate of drug-likeness (QED) is 0.0961. The summed E-state index contributed by atoms with van der Waals surface area (Å²) in [5.74, 6) is 0. The maximum atomic E-state index is 10.8. The zero-order chi connectivity index (χ0) is 27.9. The molecule has 0 unspecified atom stereocenters. The molecule has 4 N–H and O–H groups in total. The van der Waals surface area contributed by atoms with Gasteiger partial charge in [-0.1, -0.05) is 0 Å². The molecule has 218 valence electrons. The lowest BCUT2D eigenvalue weighted by Gasteiger charge is -2.39. The van der Waals surface area contributed by atoms with Crippen molar-refractivity contribution >= 4 is 54.2 Å². The van der Waals surface area contributed by atoms with Gasteiger partial charge in [-0.05, 0) is 90.8 Å². The molecule has 0 amide bonds. The van der Waals surface area contributed by atoms with Crippen molar-refractivity contribution in [2.75, 3.05) is 45.8 Å². The second kappa shape index (κ2) is 17.9. The van der Waals surface area contributed by atoms with Crippen LogP contribution in [0.15, 0.2) is 0 Å². The van der Waals surface area contributed by atoms with Crippen LogP contribution in [0, 0.1) is 0 Å². The fraction of sp³-hybridized carbons (Fsp3) is 1.00.